The summed E-state index contributed by atoms with van der Waals surface area (Å²) in [5.41, 5.74) is -0.620. The summed E-state index contributed by atoms with van der Waals surface area (Å²) in [6.07, 6.45) is 6.90. The second-order valence-electron chi connectivity index (χ2n) is 5.47. The summed E-state index contributed by atoms with van der Waals surface area (Å²) in [5, 5.41) is 13.5. The minimum Gasteiger partial charge on any atom is -0.389 e. The maximum atomic E-state index is 11.5. The van der Waals surface area contributed by atoms with Crippen LogP contribution in [0.4, 0.5) is 0 Å². The van der Waals surface area contributed by atoms with Crippen molar-refractivity contribution in [3.8, 4) is 0 Å². The number of rotatable bonds is 7. The zero-order valence-electron chi connectivity index (χ0n) is 11.5. The van der Waals surface area contributed by atoms with Gasteiger partial charge in [0.15, 0.2) is 9.84 Å². The fourth-order valence-corrected chi connectivity index (χ4v) is 3.81. The van der Waals surface area contributed by atoms with Crippen molar-refractivity contribution in [2.75, 3.05) is 24.6 Å². The third kappa shape index (κ3) is 6.16. The van der Waals surface area contributed by atoms with Crippen LogP contribution in [0.15, 0.2) is 0 Å². The van der Waals surface area contributed by atoms with Crippen LogP contribution in [0.5, 0.6) is 0 Å². The topological polar surface area (TPSA) is 66.4 Å². The Labute approximate surface area is 111 Å². The summed E-state index contributed by atoms with van der Waals surface area (Å²) in [4.78, 5) is 0. The molecule has 0 unspecified atom stereocenters. The van der Waals surface area contributed by atoms with Gasteiger partial charge in [0.1, 0.15) is 0 Å². The average Bonchev–Trinajstić information content (AvgIpc) is 2.50. The maximum absolute atomic E-state index is 11.5. The lowest BCUT2D eigenvalue weighted by Gasteiger charge is -2.26. The summed E-state index contributed by atoms with van der Waals surface area (Å²) in [5.74, 6) is 0.440. The zero-order valence-corrected chi connectivity index (χ0v) is 12.3. The largest absolute Gasteiger partial charge is 0.389 e. The van der Waals surface area contributed by atoms with Gasteiger partial charge >= 0.3 is 0 Å². The summed E-state index contributed by atoms with van der Waals surface area (Å²) in [6, 6.07) is 0. The fourth-order valence-electron chi connectivity index (χ4n) is 2.53. The van der Waals surface area contributed by atoms with Crippen LogP contribution in [0.1, 0.15) is 51.9 Å². The Balaban J connectivity index is 2.24. The van der Waals surface area contributed by atoms with Gasteiger partial charge in [0, 0.05) is 18.8 Å². The molecule has 1 fully saturated rings. The molecule has 0 heterocycles. The first-order chi connectivity index (χ1) is 8.47. The van der Waals surface area contributed by atoms with Gasteiger partial charge in [-0.2, -0.15) is 0 Å². The van der Waals surface area contributed by atoms with Gasteiger partial charge in [-0.1, -0.05) is 32.6 Å². The van der Waals surface area contributed by atoms with Gasteiger partial charge in [-0.3, -0.25) is 0 Å². The van der Waals surface area contributed by atoms with E-state index in [1.807, 2.05) is 6.92 Å². The highest BCUT2D eigenvalue weighted by molar-refractivity contribution is 7.91. The number of hydrogen-bond donors (Lipinski definition) is 2. The molecule has 0 spiro atoms. The molecule has 1 aliphatic rings. The first-order valence-corrected chi connectivity index (χ1v) is 8.93. The second kappa shape index (κ2) is 7.46. The summed E-state index contributed by atoms with van der Waals surface area (Å²) in [7, 11) is -2.91. The summed E-state index contributed by atoms with van der Waals surface area (Å²) in [6.45, 7) is 2.85. The molecule has 4 nitrogen and oxygen atoms in total. The van der Waals surface area contributed by atoms with E-state index < -0.39 is 15.4 Å². The lowest BCUT2D eigenvalue weighted by molar-refractivity contribution is 0.0259. The van der Waals surface area contributed by atoms with E-state index in [2.05, 4.69) is 5.32 Å². The van der Waals surface area contributed by atoms with Crippen molar-refractivity contribution in [1.29, 1.82) is 0 Å². The highest BCUT2D eigenvalue weighted by Crippen LogP contribution is 2.26. The second-order valence-corrected chi connectivity index (χ2v) is 7.77. The van der Waals surface area contributed by atoms with Crippen molar-refractivity contribution in [2.45, 2.75) is 57.5 Å². The predicted molar refractivity (Wildman–Crippen MR) is 74.5 cm³/mol. The van der Waals surface area contributed by atoms with Crippen LogP contribution >= 0.6 is 0 Å². The average molecular weight is 277 g/mol. The van der Waals surface area contributed by atoms with Crippen molar-refractivity contribution in [3.05, 3.63) is 0 Å². The smallest absolute Gasteiger partial charge is 0.151 e. The molecular weight excluding hydrogens is 250 g/mol. The highest BCUT2D eigenvalue weighted by atomic mass is 32.2. The lowest BCUT2D eigenvalue weighted by Crippen LogP contribution is -2.41. The van der Waals surface area contributed by atoms with Gasteiger partial charge in [0.25, 0.3) is 0 Å². The normalized spacial score (nSPS) is 20.6. The quantitative estimate of drug-likeness (QED) is 0.546. The third-order valence-corrected chi connectivity index (χ3v) is 5.45. The van der Waals surface area contributed by atoms with Gasteiger partial charge in [-0.15, -0.1) is 0 Å². The standard InChI is InChI=1S/C13H27NO3S/c1-2-10-18(16,17)11-9-14-12-13(15)7-5-3-4-6-8-13/h14-15H,2-12H2,1H3. The zero-order chi connectivity index (χ0) is 13.5. The van der Waals surface area contributed by atoms with Crippen molar-refractivity contribution >= 4 is 9.84 Å². The Morgan fingerprint density at radius 2 is 1.72 bits per heavy atom. The van der Waals surface area contributed by atoms with Crippen molar-refractivity contribution in [3.63, 3.8) is 0 Å². The number of aliphatic hydroxyl groups is 1. The summed E-state index contributed by atoms with van der Waals surface area (Å²) < 4.78 is 23.0. The van der Waals surface area contributed by atoms with Gasteiger partial charge in [0.05, 0.1) is 11.4 Å². The molecule has 0 amide bonds. The Hall–Kier alpha value is -0.130. The number of sulfone groups is 1. The molecule has 1 saturated carbocycles. The molecule has 1 aliphatic carbocycles. The first kappa shape index (κ1) is 15.9. The van der Waals surface area contributed by atoms with Crippen LogP contribution in [-0.2, 0) is 9.84 Å². The molecule has 0 bridgehead atoms. The molecule has 0 aromatic carbocycles. The molecule has 0 saturated heterocycles. The minimum absolute atomic E-state index is 0.178. The van der Waals surface area contributed by atoms with Gasteiger partial charge < -0.3 is 10.4 Å². The monoisotopic (exact) mass is 277 g/mol. The Morgan fingerprint density at radius 3 is 2.28 bits per heavy atom. The van der Waals surface area contributed by atoms with Crippen LogP contribution in [-0.4, -0.2) is 43.7 Å². The molecule has 2 N–H and O–H groups in total. The molecule has 18 heavy (non-hydrogen) atoms. The van der Waals surface area contributed by atoms with Crippen molar-refractivity contribution in [1.82, 2.24) is 5.32 Å². The fraction of sp³-hybridized carbons (Fsp3) is 1.00. The van der Waals surface area contributed by atoms with E-state index in [0.29, 0.717) is 19.5 Å². The number of nitrogens with one attached hydrogen (secondary N) is 1. The summed E-state index contributed by atoms with van der Waals surface area (Å²) >= 11 is 0. The Morgan fingerprint density at radius 1 is 1.11 bits per heavy atom. The van der Waals surface area contributed by atoms with E-state index in [9.17, 15) is 13.5 Å². The lowest BCUT2D eigenvalue weighted by atomic mass is 9.94. The molecule has 1 rings (SSSR count). The van der Waals surface area contributed by atoms with Crippen LogP contribution < -0.4 is 5.32 Å². The SMILES string of the molecule is CCCS(=O)(=O)CCNCC1(O)CCCCCC1. The van der Waals surface area contributed by atoms with E-state index in [0.717, 1.165) is 25.7 Å². The van der Waals surface area contributed by atoms with E-state index in [1.165, 1.54) is 12.8 Å². The third-order valence-electron chi connectivity index (χ3n) is 3.59. The van der Waals surface area contributed by atoms with Crippen LogP contribution in [0.3, 0.4) is 0 Å². The molecule has 0 atom stereocenters. The van der Waals surface area contributed by atoms with Crippen LogP contribution in [0.25, 0.3) is 0 Å². The van der Waals surface area contributed by atoms with Gasteiger partial charge in [-0.05, 0) is 19.3 Å². The molecule has 0 aliphatic heterocycles. The molecule has 0 radical (unpaired) electrons. The van der Waals surface area contributed by atoms with E-state index in [1.54, 1.807) is 0 Å². The Bertz CT molecular complexity index is 319. The molecule has 0 aromatic heterocycles. The van der Waals surface area contributed by atoms with Crippen LogP contribution in [0, 0.1) is 0 Å². The number of hydrogen-bond acceptors (Lipinski definition) is 4. The van der Waals surface area contributed by atoms with Crippen LogP contribution in [0.2, 0.25) is 0 Å². The minimum atomic E-state index is -2.91. The van der Waals surface area contributed by atoms with Gasteiger partial charge in [0.2, 0.25) is 0 Å². The molecule has 0 aromatic rings. The van der Waals surface area contributed by atoms with E-state index in [-0.39, 0.29) is 11.5 Å². The predicted octanol–water partition coefficient (Wildman–Crippen LogP) is 1.49. The van der Waals surface area contributed by atoms with Gasteiger partial charge in [-0.25, -0.2) is 8.42 Å². The van der Waals surface area contributed by atoms with Crippen molar-refractivity contribution in [2.24, 2.45) is 0 Å². The molecular formula is C13H27NO3S. The molecule has 5 heteroatoms. The van der Waals surface area contributed by atoms with E-state index in [4.69, 9.17) is 0 Å². The first-order valence-electron chi connectivity index (χ1n) is 7.11. The maximum Gasteiger partial charge on any atom is 0.151 e. The highest BCUT2D eigenvalue weighted by Gasteiger charge is 2.27. The molecule has 108 valence electrons. The van der Waals surface area contributed by atoms with E-state index >= 15 is 0 Å². The van der Waals surface area contributed by atoms with Crippen molar-refractivity contribution < 1.29 is 13.5 Å². The Kier molecular flexibility index (Phi) is 6.60.